The highest BCUT2D eigenvalue weighted by Crippen LogP contribution is 2.11. The van der Waals surface area contributed by atoms with Crippen LogP contribution in [-0.4, -0.2) is 49.3 Å². The smallest absolute Gasteiger partial charge is 0.308 e. The van der Waals surface area contributed by atoms with Gasteiger partial charge in [-0.15, -0.1) is 0 Å². The van der Waals surface area contributed by atoms with Crippen LogP contribution in [0.3, 0.4) is 0 Å². The number of hydrogen-bond acceptors (Lipinski definition) is 6. The highest BCUT2D eigenvalue weighted by atomic mass is 16.5. The Morgan fingerprint density at radius 2 is 1.79 bits per heavy atom. The van der Waals surface area contributed by atoms with Gasteiger partial charge in [0, 0.05) is 32.1 Å². The number of hydrazone groups is 1. The predicted octanol–water partition coefficient (Wildman–Crippen LogP) is 2.21. The van der Waals surface area contributed by atoms with Crippen LogP contribution >= 0.6 is 0 Å². The molecule has 0 radical (unpaired) electrons. The molecule has 2 aromatic carbocycles. The molecule has 0 spiro atoms. The number of esters is 1. The Bertz CT molecular complexity index is 826. The number of nitrogens with one attached hydrogen (secondary N) is 1. The lowest BCUT2D eigenvalue weighted by Gasteiger charge is -2.26. The van der Waals surface area contributed by atoms with E-state index in [1.165, 1.54) is 13.1 Å². The normalized spacial score (nSPS) is 14.8. The van der Waals surface area contributed by atoms with Crippen molar-refractivity contribution in [3.63, 3.8) is 0 Å². The monoisotopic (exact) mass is 381 g/mol. The summed E-state index contributed by atoms with van der Waals surface area (Å²) in [5.41, 5.74) is 5.00. The molecule has 0 aromatic heterocycles. The van der Waals surface area contributed by atoms with E-state index >= 15 is 0 Å². The van der Waals surface area contributed by atoms with Crippen molar-refractivity contribution in [2.24, 2.45) is 5.10 Å². The zero-order chi connectivity index (χ0) is 19.8. The van der Waals surface area contributed by atoms with Crippen molar-refractivity contribution in [1.82, 2.24) is 10.3 Å². The summed E-state index contributed by atoms with van der Waals surface area (Å²) in [6, 6.07) is 14.3. The molecule has 1 N–H and O–H groups in total. The van der Waals surface area contributed by atoms with Crippen LogP contribution in [0.1, 0.15) is 28.4 Å². The number of nitrogens with zero attached hydrogens (tertiary/aromatic N) is 2. The fourth-order valence-electron chi connectivity index (χ4n) is 2.80. The number of hydrogen-bond donors (Lipinski definition) is 1. The van der Waals surface area contributed by atoms with Crippen LogP contribution in [-0.2, 0) is 16.1 Å². The number of carbonyl (C=O) groups excluding carboxylic acids is 2. The summed E-state index contributed by atoms with van der Waals surface area (Å²) in [5, 5.41) is 3.97. The molecule has 2 aromatic rings. The first-order valence-corrected chi connectivity index (χ1v) is 9.11. The summed E-state index contributed by atoms with van der Waals surface area (Å²) < 4.78 is 10.3. The molecule has 0 unspecified atom stereocenters. The Morgan fingerprint density at radius 3 is 2.43 bits per heavy atom. The minimum absolute atomic E-state index is 0.272. The van der Waals surface area contributed by atoms with Crippen molar-refractivity contribution >= 4 is 18.1 Å². The van der Waals surface area contributed by atoms with Gasteiger partial charge >= 0.3 is 5.97 Å². The van der Waals surface area contributed by atoms with Gasteiger partial charge in [-0.05, 0) is 47.5 Å². The van der Waals surface area contributed by atoms with Crippen LogP contribution < -0.4 is 10.2 Å². The molecule has 1 saturated heterocycles. The minimum Gasteiger partial charge on any atom is -0.427 e. The zero-order valence-corrected chi connectivity index (χ0v) is 15.8. The second-order valence-corrected chi connectivity index (χ2v) is 6.45. The highest BCUT2D eigenvalue weighted by Gasteiger charge is 2.11. The molecule has 146 valence electrons. The summed E-state index contributed by atoms with van der Waals surface area (Å²) in [6.07, 6.45) is 1.53. The topological polar surface area (TPSA) is 80.2 Å². The lowest BCUT2D eigenvalue weighted by Crippen LogP contribution is -2.35. The molecular formula is C21H23N3O4. The number of amides is 1. The van der Waals surface area contributed by atoms with Gasteiger partial charge in [0.25, 0.3) is 5.91 Å². The quantitative estimate of drug-likeness (QED) is 0.359. The molecule has 0 aliphatic carbocycles. The lowest BCUT2D eigenvalue weighted by atomic mass is 10.1. The Labute approximate surface area is 163 Å². The van der Waals surface area contributed by atoms with Gasteiger partial charge in [-0.25, -0.2) is 5.43 Å². The molecule has 7 heteroatoms. The van der Waals surface area contributed by atoms with Crippen LogP contribution in [0.2, 0.25) is 0 Å². The number of carbonyl (C=O) groups is 2. The van der Waals surface area contributed by atoms with Crippen molar-refractivity contribution < 1.29 is 19.1 Å². The van der Waals surface area contributed by atoms with Crippen LogP contribution in [0, 0.1) is 0 Å². The summed E-state index contributed by atoms with van der Waals surface area (Å²) >= 11 is 0. The van der Waals surface area contributed by atoms with Crippen molar-refractivity contribution in [1.29, 1.82) is 0 Å². The molecule has 0 bridgehead atoms. The summed E-state index contributed by atoms with van der Waals surface area (Å²) in [6.45, 7) is 5.60. The highest BCUT2D eigenvalue weighted by molar-refractivity contribution is 5.94. The molecule has 3 rings (SSSR count). The van der Waals surface area contributed by atoms with E-state index in [1.54, 1.807) is 36.4 Å². The number of morpholine rings is 1. The maximum absolute atomic E-state index is 12.2. The van der Waals surface area contributed by atoms with Gasteiger partial charge in [0.1, 0.15) is 5.75 Å². The van der Waals surface area contributed by atoms with Crippen LogP contribution in [0.15, 0.2) is 53.6 Å². The van der Waals surface area contributed by atoms with Gasteiger partial charge < -0.3 is 9.47 Å². The number of ether oxygens (including phenoxy) is 2. The van der Waals surface area contributed by atoms with E-state index in [0.717, 1.165) is 44.0 Å². The Morgan fingerprint density at radius 1 is 1.11 bits per heavy atom. The van der Waals surface area contributed by atoms with E-state index < -0.39 is 0 Å². The number of benzene rings is 2. The van der Waals surface area contributed by atoms with Gasteiger partial charge in [0.15, 0.2) is 0 Å². The van der Waals surface area contributed by atoms with Gasteiger partial charge in [-0.1, -0.05) is 12.1 Å². The Balaban J connectivity index is 1.50. The van der Waals surface area contributed by atoms with Gasteiger partial charge in [0.2, 0.25) is 0 Å². The molecule has 7 nitrogen and oxygen atoms in total. The molecular weight excluding hydrogens is 358 g/mol. The SMILES string of the molecule is CC(=O)Oc1ccc(/C=N/NC(=O)c2ccc(CN3CCOCC3)cc2)cc1. The minimum atomic E-state index is -0.371. The van der Waals surface area contributed by atoms with Crippen molar-refractivity contribution in [2.75, 3.05) is 26.3 Å². The maximum atomic E-state index is 12.2. The second kappa shape index (κ2) is 9.77. The number of rotatable bonds is 6. The van der Waals surface area contributed by atoms with Crippen molar-refractivity contribution in [3.8, 4) is 5.75 Å². The molecule has 1 amide bonds. The first-order valence-electron chi connectivity index (χ1n) is 9.11. The van der Waals surface area contributed by atoms with Crippen molar-refractivity contribution in [3.05, 3.63) is 65.2 Å². The maximum Gasteiger partial charge on any atom is 0.308 e. The third kappa shape index (κ3) is 6.00. The fraction of sp³-hybridized carbons (Fsp3) is 0.286. The Kier molecular flexibility index (Phi) is 6.89. The van der Waals surface area contributed by atoms with Crippen LogP contribution in [0.25, 0.3) is 0 Å². The molecule has 28 heavy (non-hydrogen) atoms. The van der Waals surface area contributed by atoms with E-state index in [9.17, 15) is 9.59 Å². The fourth-order valence-corrected chi connectivity index (χ4v) is 2.80. The standard InChI is InChI=1S/C21H23N3O4/c1-16(25)28-20-8-4-17(5-9-20)14-22-23-21(26)19-6-2-18(3-7-19)15-24-10-12-27-13-11-24/h2-9,14H,10-13,15H2,1H3,(H,23,26)/b22-14+. The molecule has 1 aliphatic heterocycles. The van der Waals surface area contributed by atoms with E-state index in [1.807, 2.05) is 12.1 Å². The van der Waals surface area contributed by atoms with E-state index in [-0.39, 0.29) is 11.9 Å². The van der Waals surface area contributed by atoms with E-state index in [2.05, 4.69) is 15.4 Å². The van der Waals surface area contributed by atoms with Crippen LogP contribution in [0.4, 0.5) is 0 Å². The van der Waals surface area contributed by atoms with Gasteiger partial charge in [0.05, 0.1) is 19.4 Å². The van der Waals surface area contributed by atoms with Gasteiger partial charge in [-0.3, -0.25) is 14.5 Å². The van der Waals surface area contributed by atoms with E-state index in [0.29, 0.717) is 11.3 Å². The van der Waals surface area contributed by atoms with Crippen LogP contribution in [0.5, 0.6) is 5.75 Å². The molecule has 0 saturated carbocycles. The first-order chi connectivity index (χ1) is 13.6. The van der Waals surface area contributed by atoms with E-state index in [4.69, 9.17) is 9.47 Å². The largest absolute Gasteiger partial charge is 0.427 e. The third-order valence-corrected chi connectivity index (χ3v) is 4.25. The summed E-state index contributed by atoms with van der Waals surface area (Å²) in [4.78, 5) is 25.4. The first kappa shape index (κ1) is 19.7. The predicted molar refractivity (Wildman–Crippen MR) is 105 cm³/mol. The summed E-state index contributed by atoms with van der Waals surface area (Å²) in [7, 11) is 0. The average Bonchev–Trinajstić information content (AvgIpc) is 2.70. The molecule has 0 atom stereocenters. The second-order valence-electron chi connectivity index (χ2n) is 6.45. The Hall–Kier alpha value is -3.03. The lowest BCUT2D eigenvalue weighted by molar-refractivity contribution is -0.131. The molecule has 1 heterocycles. The van der Waals surface area contributed by atoms with Gasteiger partial charge in [-0.2, -0.15) is 5.10 Å². The average molecular weight is 381 g/mol. The van der Waals surface area contributed by atoms with Crippen molar-refractivity contribution in [2.45, 2.75) is 13.5 Å². The zero-order valence-electron chi connectivity index (χ0n) is 15.8. The molecule has 1 aliphatic rings. The summed E-state index contributed by atoms with van der Waals surface area (Å²) in [5.74, 6) is -0.179. The molecule has 1 fully saturated rings. The third-order valence-electron chi connectivity index (χ3n) is 4.25.